The maximum Gasteiger partial charge on any atom is 0.416 e. The molecule has 0 aliphatic carbocycles. The Kier molecular flexibility index (Phi) is 10.4. The number of nitrogens with zero attached hydrogens (tertiary/aromatic N) is 3. The van der Waals surface area contributed by atoms with Gasteiger partial charge < -0.3 is 9.13 Å². The molecule has 11 rings (SSSR count). The van der Waals surface area contributed by atoms with Gasteiger partial charge in [0.15, 0.2) is 0 Å². The number of rotatable bonds is 6. The molecule has 0 saturated carbocycles. The third kappa shape index (κ3) is 7.30. The Bertz CT molecular complexity index is 3960. The third-order valence-corrected chi connectivity index (χ3v) is 13.6. The van der Waals surface area contributed by atoms with Gasteiger partial charge in [0.25, 0.3) is 0 Å². The molecule has 0 saturated heterocycles. The number of hydrogen-bond donors (Lipinski definition) is 0. The minimum atomic E-state index is -5.11. The number of hydrogen-bond acceptors (Lipinski definition) is 1. The molecular formula is C61H41F6N3. The number of aromatic nitrogens is 2. The topological polar surface area (TPSA) is 33.6 Å². The summed E-state index contributed by atoms with van der Waals surface area (Å²) >= 11 is 0. The van der Waals surface area contributed by atoms with Gasteiger partial charge in [-0.05, 0) is 145 Å². The molecule has 9 heteroatoms. The second kappa shape index (κ2) is 16.4. The molecule has 9 aromatic carbocycles. The molecule has 0 aliphatic heterocycles. The van der Waals surface area contributed by atoms with Crippen LogP contribution in [0.15, 0.2) is 176 Å². The lowest BCUT2D eigenvalue weighted by molar-refractivity contribution is -0.143. The zero-order valence-corrected chi connectivity index (χ0v) is 38.4. The SMILES string of the molecule is Cc1ccc(-c2ccc3c(c2)c2ccccc2n3-c2cccc(C#N)c2-c2c(-c3cc(C(F)(F)F)cc(C(F)(F)F)c3)cccc2-n2c3ccccc3c3cc(-c4ccc(C)cc4C)ccc32)c(C)c1. The fourth-order valence-electron chi connectivity index (χ4n) is 10.5. The molecule has 2 heterocycles. The number of benzene rings is 9. The van der Waals surface area contributed by atoms with Crippen LogP contribution in [0.2, 0.25) is 0 Å². The van der Waals surface area contributed by atoms with Gasteiger partial charge in [0, 0.05) is 32.7 Å². The van der Waals surface area contributed by atoms with Gasteiger partial charge in [-0.2, -0.15) is 31.6 Å². The van der Waals surface area contributed by atoms with E-state index in [0.717, 1.165) is 100 Å². The molecule has 0 amide bonds. The maximum absolute atomic E-state index is 14.8. The lowest BCUT2D eigenvalue weighted by Crippen LogP contribution is -2.11. The van der Waals surface area contributed by atoms with E-state index >= 15 is 0 Å². The Hall–Kier alpha value is -8.35. The van der Waals surface area contributed by atoms with Crippen LogP contribution in [0, 0.1) is 39.0 Å². The molecule has 0 spiro atoms. The second-order valence-electron chi connectivity index (χ2n) is 18.1. The van der Waals surface area contributed by atoms with Crippen LogP contribution in [-0.2, 0) is 12.4 Å². The second-order valence-corrected chi connectivity index (χ2v) is 18.1. The molecule has 2 aromatic heterocycles. The highest BCUT2D eigenvalue weighted by atomic mass is 19.4. The van der Waals surface area contributed by atoms with E-state index in [1.54, 1.807) is 24.3 Å². The van der Waals surface area contributed by atoms with Crippen LogP contribution in [0.4, 0.5) is 26.3 Å². The first-order valence-electron chi connectivity index (χ1n) is 22.8. The smallest absolute Gasteiger partial charge is 0.309 e. The highest BCUT2D eigenvalue weighted by Gasteiger charge is 2.38. The van der Waals surface area contributed by atoms with E-state index in [-0.39, 0.29) is 28.3 Å². The normalized spacial score (nSPS) is 12.1. The number of aryl methyl sites for hydroxylation is 4. The first-order chi connectivity index (χ1) is 33.6. The van der Waals surface area contributed by atoms with Crippen molar-refractivity contribution < 1.29 is 26.3 Å². The van der Waals surface area contributed by atoms with Crippen molar-refractivity contribution in [3.8, 4) is 62.0 Å². The molecule has 11 aromatic rings. The molecule has 0 unspecified atom stereocenters. The van der Waals surface area contributed by atoms with Crippen LogP contribution in [-0.4, -0.2) is 9.13 Å². The first kappa shape index (κ1) is 44.2. The summed E-state index contributed by atoms with van der Waals surface area (Å²) in [4.78, 5) is 0. The van der Waals surface area contributed by atoms with Crippen molar-refractivity contribution in [2.75, 3.05) is 0 Å². The van der Waals surface area contributed by atoms with E-state index in [1.165, 1.54) is 0 Å². The molecular weight excluding hydrogens is 889 g/mol. The van der Waals surface area contributed by atoms with Crippen molar-refractivity contribution >= 4 is 43.6 Å². The van der Waals surface area contributed by atoms with Crippen LogP contribution >= 0.6 is 0 Å². The minimum Gasteiger partial charge on any atom is -0.309 e. The predicted octanol–water partition coefficient (Wildman–Crippen LogP) is 17.7. The zero-order valence-electron chi connectivity index (χ0n) is 38.4. The van der Waals surface area contributed by atoms with Gasteiger partial charge in [0.2, 0.25) is 0 Å². The van der Waals surface area contributed by atoms with E-state index in [2.05, 4.69) is 75.4 Å². The summed E-state index contributed by atoms with van der Waals surface area (Å²) in [6.07, 6.45) is -10.2. The van der Waals surface area contributed by atoms with Gasteiger partial charge in [-0.3, -0.25) is 0 Å². The number of alkyl halides is 6. The number of para-hydroxylation sites is 2. The average Bonchev–Trinajstić information content (AvgIpc) is 3.85. The van der Waals surface area contributed by atoms with Crippen LogP contribution in [0.25, 0.3) is 99.5 Å². The Balaban J connectivity index is 1.27. The van der Waals surface area contributed by atoms with E-state index in [9.17, 15) is 31.6 Å². The lowest BCUT2D eigenvalue weighted by Gasteiger charge is -2.23. The van der Waals surface area contributed by atoms with E-state index < -0.39 is 23.5 Å². The Morgan fingerprint density at radius 2 is 0.843 bits per heavy atom. The molecule has 0 fully saturated rings. The van der Waals surface area contributed by atoms with Gasteiger partial charge in [0.1, 0.15) is 0 Å². The average molecular weight is 930 g/mol. The quantitative estimate of drug-likeness (QED) is 0.153. The van der Waals surface area contributed by atoms with Gasteiger partial charge in [-0.1, -0.05) is 114 Å². The molecule has 3 nitrogen and oxygen atoms in total. The van der Waals surface area contributed by atoms with Gasteiger partial charge in [0.05, 0.1) is 56.2 Å². The van der Waals surface area contributed by atoms with E-state index in [1.807, 2.05) is 101 Å². The van der Waals surface area contributed by atoms with Crippen molar-refractivity contribution in [1.29, 1.82) is 5.26 Å². The third-order valence-electron chi connectivity index (χ3n) is 13.6. The molecule has 0 aliphatic rings. The largest absolute Gasteiger partial charge is 0.416 e. The lowest BCUT2D eigenvalue weighted by atomic mass is 9.87. The Labute approximate surface area is 399 Å². The number of nitriles is 1. The fraction of sp³-hybridized carbons (Fsp3) is 0.0984. The first-order valence-corrected chi connectivity index (χ1v) is 22.8. The monoisotopic (exact) mass is 929 g/mol. The highest BCUT2D eigenvalue weighted by molar-refractivity contribution is 6.13. The predicted molar refractivity (Wildman–Crippen MR) is 271 cm³/mol. The summed E-state index contributed by atoms with van der Waals surface area (Å²) in [5.74, 6) is 0. The molecule has 342 valence electrons. The highest BCUT2D eigenvalue weighted by Crippen LogP contribution is 2.48. The number of halogens is 6. The fourth-order valence-corrected chi connectivity index (χ4v) is 10.5. The zero-order chi connectivity index (χ0) is 48.8. The van der Waals surface area contributed by atoms with Crippen molar-refractivity contribution in [1.82, 2.24) is 9.13 Å². The summed E-state index contributed by atoms with van der Waals surface area (Å²) < 4.78 is 92.6. The minimum absolute atomic E-state index is 0.0776. The van der Waals surface area contributed by atoms with Crippen LogP contribution in [0.3, 0.4) is 0 Å². The summed E-state index contributed by atoms with van der Waals surface area (Å²) in [5.41, 5.74) is 10.3. The van der Waals surface area contributed by atoms with Gasteiger partial charge in [-0.15, -0.1) is 0 Å². The number of fused-ring (bicyclic) bond motifs is 6. The van der Waals surface area contributed by atoms with Crippen molar-refractivity contribution in [2.45, 2.75) is 40.0 Å². The van der Waals surface area contributed by atoms with E-state index in [0.29, 0.717) is 16.9 Å². The van der Waals surface area contributed by atoms with Crippen molar-refractivity contribution in [3.63, 3.8) is 0 Å². The Morgan fingerprint density at radius 3 is 1.31 bits per heavy atom. The summed E-state index contributed by atoms with van der Waals surface area (Å²) in [5, 5.41) is 14.8. The van der Waals surface area contributed by atoms with Crippen LogP contribution in [0.1, 0.15) is 38.9 Å². The van der Waals surface area contributed by atoms with Crippen LogP contribution < -0.4 is 0 Å². The van der Waals surface area contributed by atoms with Crippen LogP contribution in [0.5, 0.6) is 0 Å². The molecule has 0 atom stereocenters. The molecule has 0 bridgehead atoms. The standard InChI is InChI=1S/C61H41F6N3/c1-35-19-23-45(37(3)27-35)39-21-25-54-50(31-39)48-12-5-7-15-52(48)69(54)56-17-9-11-41(34-68)58(56)59-47(42-29-43(60(62,63)64)33-44(30-42)61(65,66)67)14-10-18-57(59)70-53-16-8-6-13-49(53)51-32-40(22-26-55(51)70)46-24-20-36(2)28-38(46)4/h5-33H,1-4H3. The van der Waals surface area contributed by atoms with Crippen molar-refractivity contribution in [3.05, 3.63) is 215 Å². The molecule has 70 heavy (non-hydrogen) atoms. The summed E-state index contributed by atoms with van der Waals surface area (Å²) in [6.45, 7) is 8.24. The van der Waals surface area contributed by atoms with Crippen molar-refractivity contribution in [2.24, 2.45) is 0 Å². The summed E-state index contributed by atoms with van der Waals surface area (Å²) in [7, 11) is 0. The van der Waals surface area contributed by atoms with Gasteiger partial charge in [-0.25, -0.2) is 0 Å². The maximum atomic E-state index is 14.8. The van der Waals surface area contributed by atoms with Gasteiger partial charge >= 0.3 is 12.4 Å². The molecule has 0 N–H and O–H groups in total. The Morgan fingerprint density at radius 1 is 0.386 bits per heavy atom. The molecule has 0 radical (unpaired) electrons. The van der Waals surface area contributed by atoms with E-state index in [4.69, 9.17) is 0 Å². The summed E-state index contributed by atoms with van der Waals surface area (Å²) in [6, 6.07) is 55.0.